The Morgan fingerprint density at radius 2 is 1.79 bits per heavy atom. The van der Waals surface area contributed by atoms with E-state index in [1.165, 1.54) is 0 Å². The van der Waals surface area contributed by atoms with E-state index in [9.17, 15) is 9.90 Å². The molecule has 0 radical (unpaired) electrons. The normalized spacial score (nSPS) is 16.9. The predicted octanol–water partition coefficient (Wildman–Crippen LogP) is 5.43. The number of para-hydroxylation sites is 1. The van der Waals surface area contributed by atoms with Crippen LogP contribution in [0.25, 0.3) is 10.9 Å². The molecule has 0 bridgehead atoms. The van der Waals surface area contributed by atoms with E-state index >= 15 is 0 Å². The van der Waals surface area contributed by atoms with Gasteiger partial charge in [0.1, 0.15) is 0 Å². The molecular weight excluding hydrogens is 395 g/mol. The van der Waals surface area contributed by atoms with Gasteiger partial charge in [-0.05, 0) is 55.8 Å². The molecule has 0 aliphatic carbocycles. The van der Waals surface area contributed by atoms with Crippen molar-refractivity contribution in [2.45, 2.75) is 18.9 Å². The average molecular weight is 415 g/mol. The number of halogens is 2. The van der Waals surface area contributed by atoms with Crippen molar-refractivity contribution < 1.29 is 9.90 Å². The van der Waals surface area contributed by atoms with E-state index < -0.39 is 5.97 Å². The van der Waals surface area contributed by atoms with Gasteiger partial charge in [0.15, 0.2) is 0 Å². The van der Waals surface area contributed by atoms with E-state index in [0.29, 0.717) is 36.0 Å². The minimum Gasteiger partial charge on any atom is -0.481 e. The summed E-state index contributed by atoms with van der Waals surface area (Å²) in [6.07, 6.45) is 1.25. The number of carbonyl (C=O) groups is 1. The molecule has 2 aromatic carbocycles. The van der Waals surface area contributed by atoms with Gasteiger partial charge in [-0.1, -0.05) is 53.5 Å². The Balaban J connectivity index is 1.74. The Morgan fingerprint density at radius 3 is 2.50 bits per heavy atom. The Hall–Kier alpha value is -2.14. The lowest BCUT2D eigenvalue weighted by atomic mass is 9.93. The fraction of sp³-hybridized carbons (Fsp3) is 0.273. The van der Waals surface area contributed by atoms with Crippen LogP contribution >= 0.6 is 23.2 Å². The number of carboxylic acids is 1. The van der Waals surface area contributed by atoms with E-state index in [4.69, 9.17) is 28.2 Å². The summed E-state index contributed by atoms with van der Waals surface area (Å²) in [5.74, 6) is -0.996. The fourth-order valence-corrected chi connectivity index (χ4v) is 4.20. The lowest BCUT2D eigenvalue weighted by molar-refractivity contribution is -0.143. The van der Waals surface area contributed by atoms with Crippen molar-refractivity contribution in [1.82, 2.24) is 9.88 Å². The van der Waals surface area contributed by atoms with Gasteiger partial charge in [-0.3, -0.25) is 14.7 Å². The molecule has 1 aromatic heterocycles. The average Bonchev–Trinajstić information content (AvgIpc) is 2.71. The van der Waals surface area contributed by atoms with Crippen molar-refractivity contribution in [3.63, 3.8) is 0 Å². The largest absolute Gasteiger partial charge is 0.481 e. The minimum atomic E-state index is -0.713. The van der Waals surface area contributed by atoms with Crippen LogP contribution in [0.3, 0.4) is 0 Å². The topological polar surface area (TPSA) is 53.4 Å². The van der Waals surface area contributed by atoms with Gasteiger partial charge in [0, 0.05) is 5.39 Å². The molecule has 1 aliphatic heterocycles. The van der Waals surface area contributed by atoms with Crippen LogP contribution in [0.1, 0.15) is 30.1 Å². The predicted molar refractivity (Wildman–Crippen MR) is 112 cm³/mol. The van der Waals surface area contributed by atoms with E-state index in [-0.39, 0.29) is 12.0 Å². The van der Waals surface area contributed by atoms with Crippen molar-refractivity contribution in [3.05, 3.63) is 75.9 Å². The number of fused-ring (bicyclic) bond motifs is 1. The molecule has 144 valence electrons. The Kier molecular flexibility index (Phi) is 5.54. The van der Waals surface area contributed by atoms with Gasteiger partial charge in [0.25, 0.3) is 0 Å². The van der Waals surface area contributed by atoms with Gasteiger partial charge in [0.05, 0.1) is 33.2 Å². The molecule has 1 fully saturated rings. The van der Waals surface area contributed by atoms with E-state index in [2.05, 4.69) is 11.0 Å². The third-order valence-electron chi connectivity index (χ3n) is 5.40. The van der Waals surface area contributed by atoms with Crippen molar-refractivity contribution >= 4 is 40.1 Å². The highest BCUT2D eigenvalue weighted by Crippen LogP contribution is 2.35. The van der Waals surface area contributed by atoms with Crippen LogP contribution in [0.4, 0.5) is 0 Å². The number of rotatable bonds is 4. The summed E-state index contributed by atoms with van der Waals surface area (Å²) in [4.78, 5) is 18.5. The first-order valence-electron chi connectivity index (χ1n) is 9.30. The standard InChI is InChI=1S/C22H20Cl2N2O2/c23-17-7-5-16(13-18(17)24)21(26-11-9-15(10-12-26)22(27)28)20-8-6-14-3-1-2-4-19(14)25-20/h1-8,13,15,21H,9-12H2,(H,27,28). The zero-order valence-corrected chi connectivity index (χ0v) is 16.7. The molecule has 0 amide bonds. The summed E-state index contributed by atoms with van der Waals surface area (Å²) in [5.41, 5.74) is 2.86. The van der Waals surface area contributed by atoms with Crippen molar-refractivity contribution in [2.75, 3.05) is 13.1 Å². The van der Waals surface area contributed by atoms with Gasteiger partial charge in [-0.2, -0.15) is 0 Å². The highest BCUT2D eigenvalue weighted by Gasteiger charge is 2.31. The quantitative estimate of drug-likeness (QED) is 0.618. The molecule has 1 aliphatic rings. The molecule has 2 heterocycles. The molecule has 1 unspecified atom stereocenters. The molecule has 6 heteroatoms. The van der Waals surface area contributed by atoms with Crippen LogP contribution in [-0.2, 0) is 4.79 Å². The zero-order chi connectivity index (χ0) is 19.7. The van der Waals surface area contributed by atoms with Crippen LogP contribution in [0, 0.1) is 5.92 Å². The van der Waals surface area contributed by atoms with Crippen LogP contribution in [0.2, 0.25) is 10.0 Å². The monoisotopic (exact) mass is 414 g/mol. The number of likely N-dealkylation sites (tertiary alicyclic amines) is 1. The molecule has 4 rings (SSSR count). The first-order chi connectivity index (χ1) is 13.5. The van der Waals surface area contributed by atoms with Crippen LogP contribution in [0.5, 0.6) is 0 Å². The zero-order valence-electron chi connectivity index (χ0n) is 15.2. The molecule has 4 nitrogen and oxygen atoms in total. The summed E-state index contributed by atoms with van der Waals surface area (Å²) in [7, 11) is 0. The molecular formula is C22H20Cl2N2O2. The van der Waals surface area contributed by atoms with Crippen LogP contribution < -0.4 is 0 Å². The summed E-state index contributed by atoms with van der Waals surface area (Å²) < 4.78 is 0. The lowest BCUT2D eigenvalue weighted by Gasteiger charge is -2.36. The maximum absolute atomic E-state index is 11.3. The number of aromatic nitrogens is 1. The van der Waals surface area contributed by atoms with Crippen LogP contribution in [0.15, 0.2) is 54.6 Å². The van der Waals surface area contributed by atoms with E-state index in [0.717, 1.165) is 22.2 Å². The van der Waals surface area contributed by atoms with Crippen LogP contribution in [-0.4, -0.2) is 34.0 Å². The molecule has 0 saturated carbocycles. The number of hydrogen-bond donors (Lipinski definition) is 1. The maximum atomic E-state index is 11.3. The summed E-state index contributed by atoms with van der Waals surface area (Å²) in [6.45, 7) is 1.38. The molecule has 28 heavy (non-hydrogen) atoms. The second-order valence-corrected chi connectivity index (χ2v) is 7.97. The second kappa shape index (κ2) is 8.08. The van der Waals surface area contributed by atoms with Gasteiger partial charge in [0.2, 0.25) is 0 Å². The van der Waals surface area contributed by atoms with Gasteiger partial charge < -0.3 is 5.11 Å². The number of piperidine rings is 1. The minimum absolute atomic E-state index is 0.103. The van der Waals surface area contributed by atoms with Gasteiger partial charge >= 0.3 is 5.97 Å². The van der Waals surface area contributed by atoms with Crippen molar-refractivity contribution in [3.8, 4) is 0 Å². The van der Waals surface area contributed by atoms with E-state index in [1.54, 1.807) is 6.07 Å². The molecule has 3 aromatic rings. The second-order valence-electron chi connectivity index (χ2n) is 7.15. The van der Waals surface area contributed by atoms with Crippen molar-refractivity contribution in [1.29, 1.82) is 0 Å². The molecule has 1 N–H and O–H groups in total. The third-order valence-corrected chi connectivity index (χ3v) is 6.14. The Bertz CT molecular complexity index is 1020. The molecule has 1 saturated heterocycles. The number of nitrogens with zero attached hydrogens (tertiary/aromatic N) is 2. The number of pyridine rings is 1. The smallest absolute Gasteiger partial charge is 0.306 e. The maximum Gasteiger partial charge on any atom is 0.306 e. The lowest BCUT2D eigenvalue weighted by Crippen LogP contribution is -2.39. The number of aliphatic carboxylic acids is 1. The van der Waals surface area contributed by atoms with Gasteiger partial charge in [-0.25, -0.2) is 0 Å². The van der Waals surface area contributed by atoms with Crippen molar-refractivity contribution in [2.24, 2.45) is 5.92 Å². The fourth-order valence-electron chi connectivity index (χ4n) is 3.89. The third kappa shape index (κ3) is 3.86. The summed E-state index contributed by atoms with van der Waals surface area (Å²) >= 11 is 12.4. The first-order valence-corrected chi connectivity index (χ1v) is 10.1. The number of carboxylic acid groups (broad SMARTS) is 1. The SMILES string of the molecule is O=C(O)C1CCN(C(c2ccc(Cl)c(Cl)c2)c2ccc3ccccc3n2)CC1. The first kappa shape index (κ1) is 19.2. The number of hydrogen-bond acceptors (Lipinski definition) is 3. The summed E-state index contributed by atoms with van der Waals surface area (Å²) in [5, 5.41) is 11.4. The summed E-state index contributed by atoms with van der Waals surface area (Å²) in [6, 6.07) is 17.7. The molecule has 1 atom stereocenters. The van der Waals surface area contributed by atoms with Gasteiger partial charge in [-0.15, -0.1) is 0 Å². The van der Waals surface area contributed by atoms with E-state index in [1.807, 2.05) is 42.5 Å². The highest BCUT2D eigenvalue weighted by molar-refractivity contribution is 6.42. The highest BCUT2D eigenvalue weighted by atomic mass is 35.5. The Morgan fingerprint density at radius 1 is 1.04 bits per heavy atom. The Labute approximate surface area is 173 Å². The number of benzene rings is 2. The molecule has 0 spiro atoms.